The summed E-state index contributed by atoms with van der Waals surface area (Å²) in [7, 11) is 0. The first kappa shape index (κ1) is 8.21. The quantitative estimate of drug-likeness (QED) is 0.643. The molecule has 74 valence electrons. The van der Waals surface area contributed by atoms with Gasteiger partial charge in [-0.3, -0.25) is 0 Å². The zero-order chi connectivity index (χ0) is 8.67. The molecule has 3 rings (SSSR count). The first-order valence-electron chi connectivity index (χ1n) is 5.40. The molecule has 3 saturated heterocycles. The number of fused-ring (bicyclic) bond motifs is 2. The average Bonchev–Trinajstić information content (AvgIpc) is 2.80. The second-order valence-electron chi connectivity index (χ2n) is 4.41. The van der Waals surface area contributed by atoms with Crippen molar-refractivity contribution in [3.05, 3.63) is 0 Å². The smallest absolute Gasteiger partial charge is 0.0624 e. The lowest BCUT2D eigenvalue weighted by molar-refractivity contribution is 0.0329. The number of hydrogen-bond donors (Lipinski definition) is 1. The van der Waals surface area contributed by atoms with Gasteiger partial charge >= 0.3 is 0 Å². The Hall–Kier alpha value is -0.120. The summed E-state index contributed by atoms with van der Waals surface area (Å²) in [6, 6.07) is 0.559. The molecule has 13 heavy (non-hydrogen) atoms. The highest BCUT2D eigenvalue weighted by molar-refractivity contribution is 4.95. The van der Waals surface area contributed by atoms with Crippen LogP contribution in [-0.4, -0.2) is 38.0 Å². The van der Waals surface area contributed by atoms with E-state index < -0.39 is 0 Å². The van der Waals surface area contributed by atoms with Crippen molar-refractivity contribution < 1.29 is 9.47 Å². The van der Waals surface area contributed by atoms with E-state index in [4.69, 9.17) is 9.47 Å². The molecule has 4 atom stereocenters. The maximum atomic E-state index is 5.84. The molecule has 0 aromatic heterocycles. The molecule has 0 aromatic carbocycles. The lowest BCUT2D eigenvalue weighted by Crippen LogP contribution is -2.48. The van der Waals surface area contributed by atoms with Gasteiger partial charge in [0.05, 0.1) is 25.4 Å². The minimum atomic E-state index is 0.532. The number of hydrogen-bond acceptors (Lipinski definition) is 3. The van der Waals surface area contributed by atoms with Crippen LogP contribution in [0.4, 0.5) is 0 Å². The Balaban J connectivity index is 1.65. The molecular formula is C10H17NO2. The van der Waals surface area contributed by atoms with Crippen LogP contribution in [0.25, 0.3) is 0 Å². The molecule has 4 unspecified atom stereocenters. The molecule has 1 N–H and O–H groups in total. The van der Waals surface area contributed by atoms with Crippen LogP contribution in [0, 0.1) is 5.92 Å². The molecule has 0 aromatic rings. The summed E-state index contributed by atoms with van der Waals surface area (Å²) in [4.78, 5) is 0. The topological polar surface area (TPSA) is 30.5 Å². The Morgan fingerprint density at radius 1 is 1.23 bits per heavy atom. The summed E-state index contributed by atoms with van der Waals surface area (Å²) < 4.78 is 11.3. The molecule has 0 amide bonds. The van der Waals surface area contributed by atoms with Gasteiger partial charge < -0.3 is 14.8 Å². The minimum Gasteiger partial charge on any atom is -0.379 e. The van der Waals surface area contributed by atoms with Crippen molar-refractivity contribution in [1.29, 1.82) is 0 Å². The molecule has 3 heterocycles. The molecule has 0 saturated carbocycles. The third kappa shape index (κ3) is 1.39. The summed E-state index contributed by atoms with van der Waals surface area (Å²) >= 11 is 0. The lowest BCUT2D eigenvalue weighted by Gasteiger charge is -2.32. The van der Waals surface area contributed by atoms with Gasteiger partial charge in [-0.25, -0.2) is 0 Å². The highest BCUT2D eigenvalue weighted by atomic mass is 16.5. The van der Waals surface area contributed by atoms with E-state index in [-0.39, 0.29) is 0 Å². The Bertz CT molecular complexity index is 191. The first-order valence-corrected chi connectivity index (χ1v) is 5.40. The largest absolute Gasteiger partial charge is 0.379 e. The van der Waals surface area contributed by atoms with Crippen LogP contribution < -0.4 is 5.32 Å². The van der Waals surface area contributed by atoms with Gasteiger partial charge in [0.2, 0.25) is 0 Å². The molecule has 3 aliphatic heterocycles. The molecule has 2 bridgehead atoms. The van der Waals surface area contributed by atoms with Crippen LogP contribution in [-0.2, 0) is 9.47 Å². The monoisotopic (exact) mass is 183 g/mol. The van der Waals surface area contributed by atoms with E-state index >= 15 is 0 Å². The van der Waals surface area contributed by atoms with E-state index in [2.05, 4.69) is 5.32 Å². The molecule has 3 aliphatic rings. The Labute approximate surface area is 78.8 Å². The summed E-state index contributed by atoms with van der Waals surface area (Å²) in [5.74, 6) is 0.721. The van der Waals surface area contributed by atoms with Gasteiger partial charge in [0.1, 0.15) is 0 Å². The van der Waals surface area contributed by atoms with Crippen molar-refractivity contribution in [3.63, 3.8) is 0 Å². The van der Waals surface area contributed by atoms with Crippen molar-refractivity contribution >= 4 is 0 Å². The van der Waals surface area contributed by atoms with E-state index in [0.29, 0.717) is 18.2 Å². The summed E-state index contributed by atoms with van der Waals surface area (Å²) in [5.41, 5.74) is 0. The second-order valence-corrected chi connectivity index (χ2v) is 4.41. The van der Waals surface area contributed by atoms with Crippen molar-refractivity contribution in [2.45, 2.75) is 37.5 Å². The fraction of sp³-hybridized carbons (Fsp3) is 1.00. The first-order chi connectivity index (χ1) is 6.43. The fourth-order valence-corrected chi connectivity index (χ4v) is 2.96. The minimum absolute atomic E-state index is 0.532. The highest BCUT2D eigenvalue weighted by Crippen LogP contribution is 2.40. The molecule has 0 radical (unpaired) electrons. The van der Waals surface area contributed by atoms with E-state index in [0.717, 1.165) is 25.7 Å². The molecular weight excluding hydrogens is 166 g/mol. The summed E-state index contributed by atoms with van der Waals surface area (Å²) in [6.07, 6.45) is 4.91. The van der Waals surface area contributed by atoms with E-state index in [1.54, 1.807) is 0 Å². The van der Waals surface area contributed by atoms with Gasteiger partial charge in [-0.05, 0) is 19.3 Å². The Kier molecular flexibility index (Phi) is 2.04. The van der Waals surface area contributed by atoms with Crippen molar-refractivity contribution in [2.75, 3.05) is 19.8 Å². The van der Waals surface area contributed by atoms with Gasteiger partial charge in [0, 0.05) is 18.5 Å². The average molecular weight is 183 g/mol. The lowest BCUT2D eigenvalue weighted by atomic mass is 9.84. The SMILES string of the molecule is C1COCC(C2CC3CCC2O3)N1. The van der Waals surface area contributed by atoms with Crippen molar-refractivity contribution in [1.82, 2.24) is 5.32 Å². The van der Waals surface area contributed by atoms with E-state index in [9.17, 15) is 0 Å². The maximum Gasteiger partial charge on any atom is 0.0624 e. The highest BCUT2D eigenvalue weighted by Gasteiger charge is 2.44. The molecule has 0 spiro atoms. The number of morpholine rings is 1. The van der Waals surface area contributed by atoms with Gasteiger partial charge in [-0.1, -0.05) is 0 Å². The van der Waals surface area contributed by atoms with E-state index in [1.807, 2.05) is 0 Å². The third-order valence-corrected chi connectivity index (χ3v) is 3.62. The van der Waals surface area contributed by atoms with Crippen LogP contribution in [0.5, 0.6) is 0 Å². The predicted octanol–water partition coefficient (Wildman–Crippen LogP) is 0.542. The molecule has 3 fully saturated rings. The zero-order valence-corrected chi connectivity index (χ0v) is 7.87. The predicted molar refractivity (Wildman–Crippen MR) is 48.6 cm³/mol. The van der Waals surface area contributed by atoms with E-state index in [1.165, 1.54) is 19.3 Å². The van der Waals surface area contributed by atoms with Crippen LogP contribution in [0.2, 0.25) is 0 Å². The maximum absolute atomic E-state index is 5.84. The van der Waals surface area contributed by atoms with Crippen LogP contribution in [0.1, 0.15) is 19.3 Å². The van der Waals surface area contributed by atoms with Crippen LogP contribution in [0.3, 0.4) is 0 Å². The van der Waals surface area contributed by atoms with Gasteiger partial charge in [-0.2, -0.15) is 0 Å². The Morgan fingerprint density at radius 2 is 2.23 bits per heavy atom. The summed E-state index contributed by atoms with van der Waals surface area (Å²) in [5, 5.41) is 3.54. The standard InChI is InChI=1S/C10H17NO2/c1-2-10-8(5-7(1)13-10)9-6-12-4-3-11-9/h7-11H,1-6H2. The number of rotatable bonds is 1. The molecule has 3 heteroatoms. The zero-order valence-electron chi connectivity index (χ0n) is 7.87. The van der Waals surface area contributed by atoms with Crippen LogP contribution in [0.15, 0.2) is 0 Å². The Morgan fingerprint density at radius 3 is 2.85 bits per heavy atom. The van der Waals surface area contributed by atoms with Crippen LogP contribution >= 0.6 is 0 Å². The van der Waals surface area contributed by atoms with Gasteiger partial charge in [-0.15, -0.1) is 0 Å². The third-order valence-electron chi connectivity index (χ3n) is 3.62. The number of ether oxygens (including phenoxy) is 2. The summed E-state index contributed by atoms with van der Waals surface area (Å²) in [6.45, 7) is 2.77. The van der Waals surface area contributed by atoms with Gasteiger partial charge in [0.25, 0.3) is 0 Å². The molecule has 3 nitrogen and oxygen atoms in total. The fourth-order valence-electron chi connectivity index (χ4n) is 2.96. The van der Waals surface area contributed by atoms with Crippen molar-refractivity contribution in [2.24, 2.45) is 5.92 Å². The number of nitrogens with one attached hydrogen (secondary N) is 1. The normalized spacial score (nSPS) is 49.8. The van der Waals surface area contributed by atoms with Gasteiger partial charge in [0.15, 0.2) is 0 Å². The second kappa shape index (κ2) is 3.23. The van der Waals surface area contributed by atoms with Crippen molar-refractivity contribution in [3.8, 4) is 0 Å². The molecule has 0 aliphatic carbocycles.